The molecule has 1 atom stereocenters. The molecule has 14 nitrogen and oxygen atoms in total. The van der Waals surface area contributed by atoms with Crippen molar-refractivity contribution in [2.45, 2.75) is 52.6 Å². The lowest BCUT2D eigenvalue weighted by Gasteiger charge is -2.39. The number of carbonyl (C=O) groups is 1. The summed E-state index contributed by atoms with van der Waals surface area (Å²) in [6.45, 7) is 12.8. The van der Waals surface area contributed by atoms with Crippen LogP contribution >= 0.6 is 22.9 Å². The zero-order valence-corrected chi connectivity index (χ0v) is 35.5. The van der Waals surface area contributed by atoms with Gasteiger partial charge in [0.1, 0.15) is 34.2 Å². The Morgan fingerprint density at radius 2 is 1.58 bits per heavy atom. The van der Waals surface area contributed by atoms with Gasteiger partial charge in [-0.3, -0.25) is 30.4 Å². The smallest absolute Gasteiger partial charge is 0.319 e. The van der Waals surface area contributed by atoms with Gasteiger partial charge in [-0.1, -0.05) is 41.0 Å². The number of aromatic hydroxyl groups is 3. The number of aryl methyl sites for hydroxylation is 1. The van der Waals surface area contributed by atoms with E-state index in [1.54, 1.807) is 23.2 Å². The maximum Gasteiger partial charge on any atom is 0.319 e. The molecular formula is C44H49ClN10O4S. The van der Waals surface area contributed by atoms with Crippen LogP contribution in [-0.4, -0.2) is 120 Å². The highest BCUT2D eigenvalue weighted by Gasteiger charge is 2.36. The number of benzene rings is 3. The summed E-state index contributed by atoms with van der Waals surface area (Å²) in [5.41, 5.74) is 5.67. The fraction of sp³-hybridized carbons (Fsp3) is 0.364. The number of rotatable bonds is 9. The van der Waals surface area contributed by atoms with Gasteiger partial charge in [-0.2, -0.15) is 0 Å². The predicted octanol–water partition coefficient (Wildman–Crippen LogP) is 6.83. The molecule has 1 amide bonds. The Labute approximate surface area is 358 Å². The number of aliphatic imine (C=N–C) groups is 1. The molecule has 0 radical (unpaired) electrons. The molecule has 2 fully saturated rings. The Balaban J connectivity index is 0.843. The quantitative estimate of drug-likeness (QED) is 0.0785. The van der Waals surface area contributed by atoms with Crippen molar-refractivity contribution in [2.75, 3.05) is 50.7 Å². The van der Waals surface area contributed by atoms with E-state index in [9.17, 15) is 25.5 Å². The number of hydrogen-bond acceptors (Lipinski definition) is 12. The average Bonchev–Trinajstić information content (AvgIpc) is 3.71. The van der Waals surface area contributed by atoms with Crippen LogP contribution in [0.3, 0.4) is 0 Å². The third-order valence-corrected chi connectivity index (χ3v) is 13.3. The molecule has 8 rings (SSSR count). The van der Waals surface area contributed by atoms with Crippen molar-refractivity contribution in [1.82, 2.24) is 29.5 Å². The number of nitrogens with zero attached hydrogens (tertiary/aromatic N) is 8. The van der Waals surface area contributed by atoms with Crippen LogP contribution in [0.2, 0.25) is 5.02 Å². The zero-order chi connectivity index (χ0) is 42.2. The second-order valence-electron chi connectivity index (χ2n) is 15.9. The topological polar surface area (TPSA) is 181 Å². The molecule has 3 aromatic carbocycles. The number of hydrogen-bond donors (Lipinski definition) is 5. The van der Waals surface area contributed by atoms with E-state index < -0.39 is 6.04 Å². The average molecular weight is 849 g/mol. The molecule has 0 saturated carbocycles. The molecule has 5 heterocycles. The van der Waals surface area contributed by atoms with Gasteiger partial charge in [0.25, 0.3) is 0 Å². The van der Waals surface area contributed by atoms with Crippen molar-refractivity contribution in [1.29, 1.82) is 10.8 Å². The van der Waals surface area contributed by atoms with Crippen LogP contribution in [0.5, 0.6) is 17.5 Å². The number of anilines is 1. The summed E-state index contributed by atoms with van der Waals surface area (Å²) in [6.07, 6.45) is 1.92. The molecule has 16 heteroatoms. The Morgan fingerprint density at radius 3 is 2.25 bits per heavy atom. The number of piperazine rings is 1. The van der Waals surface area contributed by atoms with E-state index in [1.807, 2.05) is 60.4 Å². The first-order chi connectivity index (χ1) is 28.8. The minimum Gasteiger partial charge on any atom is -0.508 e. The SMILES string of the molecule is CC(=N)N1C(=N)[C@H](CC(=O)N2CCC(CN3CCN(Cc4ccc(-n5c(O)nnc5-c5ccc(O)cc5O)cc4)CC3)CC2)N=C(c2ccc(Cl)cc2)c2c1sc(C)c2C. The van der Waals surface area contributed by atoms with Crippen molar-refractivity contribution in [3.05, 3.63) is 98.9 Å². The van der Waals surface area contributed by atoms with E-state index >= 15 is 0 Å². The highest BCUT2D eigenvalue weighted by atomic mass is 35.5. The normalized spacial score (nSPS) is 18.0. The van der Waals surface area contributed by atoms with Crippen LogP contribution in [0.1, 0.15) is 53.3 Å². The first-order valence-electron chi connectivity index (χ1n) is 20.2. The van der Waals surface area contributed by atoms with Gasteiger partial charge in [-0.05, 0) is 87.1 Å². The van der Waals surface area contributed by atoms with Gasteiger partial charge in [0.15, 0.2) is 5.82 Å². The fourth-order valence-corrected chi connectivity index (χ4v) is 9.80. The summed E-state index contributed by atoms with van der Waals surface area (Å²) in [4.78, 5) is 28.7. The predicted molar refractivity (Wildman–Crippen MR) is 236 cm³/mol. The van der Waals surface area contributed by atoms with Crippen molar-refractivity contribution in [3.8, 4) is 34.6 Å². The number of amides is 1. The summed E-state index contributed by atoms with van der Waals surface area (Å²) < 4.78 is 1.46. The number of nitrogens with one attached hydrogen (secondary N) is 2. The number of piperidine rings is 1. The third-order valence-electron chi connectivity index (χ3n) is 11.9. The van der Waals surface area contributed by atoms with E-state index in [1.165, 1.54) is 22.8 Å². The number of phenols is 2. The number of fused-ring (bicyclic) bond motifs is 1. The minimum atomic E-state index is -0.739. The van der Waals surface area contributed by atoms with Crippen molar-refractivity contribution >= 4 is 51.2 Å². The number of likely N-dealkylation sites (tertiary alicyclic amines) is 1. The molecule has 0 bridgehead atoms. The molecule has 2 saturated heterocycles. The molecule has 3 aliphatic heterocycles. The molecule has 0 unspecified atom stereocenters. The summed E-state index contributed by atoms with van der Waals surface area (Å²) in [7, 11) is 0. The Hall–Kier alpha value is -5.61. The summed E-state index contributed by atoms with van der Waals surface area (Å²) in [6, 6.07) is 18.5. The van der Waals surface area contributed by atoms with Gasteiger partial charge in [-0.15, -0.1) is 16.4 Å². The summed E-state index contributed by atoms with van der Waals surface area (Å²) in [5, 5.41) is 57.8. The van der Waals surface area contributed by atoms with Crippen LogP contribution < -0.4 is 4.90 Å². The van der Waals surface area contributed by atoms with Crippen molar-refractivity contribution in [3.63, 3.8) is 0 Å². The standard InChI is InChI=1S/C44H49ClN10O4S/c1-26-27(2)60-43-39(26)40(31-6-8-32(45)9-7-31)48-36(41(47)54(43)28(3)46)23-38(58)53-16-14-30(15-17-53)25-52-20-18-51(19-21-52)24-29-4-10-33(11-5-29)55-42(49-50-44(55)59)35-13-12-34(56)22-37(35)57/h4-13,22,30,36,46-47,56-57H,14-21,23-25H2,1-3H3,(H,50,59)/t36-/m0/s1. The molecule has 5 N–H and O–H groups in total. The Morgan fingerprint density at radius 1 is 0.900 bits per heavy atom. The van der Waals surface area contributed by atoms with Crippen molar-refractivity contribution < 1.29 is 20.1 Å². The van der Waals surface area contributed by atoms with Crippen LogP contribution in [0.15, 0.2) is 71.7 Å². The van der Waals surface area contributed by atoms with Gasteiger partial charge in [0.05, 0.1) is 23.4 Å². The Bertz CT molecular complexity index is 2450. The molecule has 60 heavy (non-hydrogen) atoms. The van der Waals surface area contributed by atoms with Gasteiger partial charge < -0.3 is 25.1 Å². The van der Waals surface area contributed by atoms with Gasteiger partial charge in [0, 0.05) is 79.5 Å². The molecular weight excluding hydrogens is 800 g/mol. The lowest BCUT2D eigenvalue weighted by atomic mass is 9.95. The van der Waals surface area contributed by atoms with Crippen LogP contribution in [0, 0.1) is 30.6 Å². The van der Waals surface area contributed by atoms with Gasteiger partial charge in [0.2, 0.25) is 5.91 Å². The van der Waals surface area contributed by atoms with Crippen LogP contribution in [0.4, 0.5) is 5.00 Å². The zero-order valence-electron chi connectivity index (χ0n) is 33.9. The molecule has 5 aromatic rings. The maximum absolute atomic E-state index is 13.9. The summed E-state index contributed by atoms with van der Waals surface area (Å²) in [5.74, 6) is 0.866. The number of aromatic nitrogens is 3. The van der Waals surface area contributed by atoms with E-state index in [2.05, 4.69) is 26.9 Å². The summed E-state index contributed by atoms with van der Waals surface area (Å²) >= 11 is 7.80. The van der Waals surface area contributed by atoms with E-state index in [0.717, 1.165) is 90.0 Å². The first-order valence-corrected chi connectivity index (χ1v) is 21.4. The number of carbonyl (C=O) groups excluding carboxylic acids is 1. The molecule has 3 aliphatic rings. The largest absolute Gasteiger partial charge is 0.508 e. The minimum absolute atomic E-state index is 0.0135. The maximum atomic E-state index is 13.9. The van der Waals surface area contributed by atoms with Gasteiger partial charge in [-0.25, -0.2) is 4.57 Å². The highest BCUT2D eigenvalue weighted by molar-refractivity contribution is 7.17. The lowest BCUT2D eigenvalue weighted by molar-refractivity contribution is -0.132. The van der Waals surface area contributed by atoms with Crippen molar-refractivity contribution in [2.24, 2.45) is 10.9 Å². The highest BCUT2D eigenvalue weighted by Crippen LogP contribution is 2.40. The Kier molecular flexibility index (Phi) is 11.8. The number of amidine groups is 2. The fourth-order valence-electron chi connectivity index (χ4n) is 8.45. The number of halogens is 1. The van der Waals surface area contributed by atoms with Crippen LogP contribution in [0.25, 0.3) is 17.1 Å². The third kappa shape index (κ3) is 8.39. The second-order valence-corrected chi connectivity index (χ2v) is 17.5. The van der Waals surface area contributed by atoms with E-state index in [4.69, 9.17) is 22.0 Å². The van der Waals surface area contributed by atoms with E-state index in [-0.39, 0.29) is 47.3 Å². The molecule has 0 spiro atoms. The van der Waals surface area contributed by atoms with Gasteiger partial charge >= 0.3 is 6.01 Å². The monoisotopic (exact) mass is 848 g/mol. The van der Waals surface area contributed by atoms with Crippen LogP contribution in [-0.2, 0) is 11.3 Å². The molecule has 0 aliphatic carbocycles. The molecule has 312 valence electrons. The second kappa shape index (κ2) is 17.2. The molecule has 2 aromatic heterocycles. The van der Waals surface area contributed by atoms with E-state index in [0.29, 0.717) is 35.3 Å². The first kappa shape index (κ1) is 41.1. The number of thiophene rings is 1. The number of phenolic OH excluding ortho intramolecular Hbond substituents is 2. The lowest BCUT2D eigenvalue weighted by Crippen LogP contribution is -2.49.